The maximum Gasteiger partial charge on any atom is 0.307 e. The number of ketones is 1. The van der Waals surface area contributed by atoms with Gasteiger partial charge in [-0.3, -0.25) is 4.79 Å². The number of carboxylic acids is 1. The Bertz CT molecular complexity index is 859. The van der Waals surface area contributed by atoms with E-state index < -0.39 is 17.9 Å². The molecule has 1 saturated carbocycles. The Morgan fingerprint density at radius 1 is 1.57 bits per heavy atom. The second-order valence-corrected chi connectivity index (χ2v) is 6.90. The van der Waals surface area contributed by atoms with Gasteiger partial charge in [0, 0.05) is 17.1 Å². The molecule has 0 saturated heterocycles. The number of nitrogens with two attached hydrogens (primary N) is 1. The fourth-order valence-corrected chi connectivity index (χ4v) is 4.74. The summed E-state index contributed by atoms with van der Waals surface area (Å²) in [5.41, 5.74) is 7.45. The first-order chi connectivity index (χ1) is 11.1. The van der Waals surface area contributed by atoms with Crippen LogP contribution in [0.3, 0.4) is 0 Å². The smallest absolute Gasteiger partial charge is 0.307 e. The van der Waals surface area contributed by atoms with Gasteiger partial charge in [-0.1, -0.05) is 5.10 Å². The molecule has 0 radical (unpaired) electrons. The van der Waals surface area contributed by atoms with Crippen molar-refractivity contribution in [2.75, 3.05) is 5.75 Å². The van der Waals surface area contributed by atoms with Crippen molar-refractivity contribution in [3.05, 3.63) is 41.9 Å². The van der Waals surface area contributed by atoms with Crippen LogP contribution in [0.5, 0.6) is 0 Å². The van der Waals surface area contributed by atoms with E-state index in [0.29, 0.717) is 17.9 Å². The van der Waals surface area contributed by atoms with Gasteiger partial charge in [0.1, 0.15) is 12.7 Å². The number of fused-ring (bicyclic) bond motifs is 2. The molecule has 4 rings (SSSR count). The maximum atomic E-state index is 12.0. The van der Waals surface area contributed by atoms with Crippen LogP contribution in [0, 0.1) is 5.92 Å². The van der Waals surface area contributed by atoms with Gasteiger partial charge in [0.2, 0.25) is 0 Å². The summed E-state index contributed by atoms with van der Waals surface area (Å²) in [6, 6.07) is 3.16. The molecule has 118 valence electrons. The summed E-state index contributed by atoms with van der Waals surface area (Å²) >= 11 is 1.55. The predicted octanol–water partition coefficient (Wildman–Crippen LogP) is -1.69. The average Bonchev–Trinajstić information content (AvgIpc) is 2.96. The van der Waals surface area contributed by atoms with E-state index in [1.54, 1.807) is 28.7 Å². The Morgan fingerprint density at radius 2 is 2.39 bits per heavy atom. The van der Waals surface area contributed by atoms with Crippen LogP contribution in [-0.4, -0.2) is 38.4 Å². The van der Waals surface area contributed by atoms with Crippen molar-refractivity contribution in [2.24, 2.45) is 11.7 Å². The van der Waals surface area contributed by atoms with Crippen LogP contribution in [0.25, 0.3) is 5.65 Å². The van der Waals surface area contributed by atoms with Crippen LogP contribution in [0.2, 0.25) is 0 Å². The first-order valence-electron chi connectivity index (χ1n) is 7.24. The molecule has 3 heterocycles. The largest absolute Gasteiger partial charge is 0.545 e. The molecule has 0 bridgehead atoms. The minimum Gasteiger partial charge on any atom is -0.545 e. The van der Waals surface area contributed by atoms with Gasteiger partial charge in [-0.25, -0.2) is 4.57 Å². The van der Waals surface area contributed by atoms with E-state index in [2.05, 4.69) is 5.10 Å². The van der Waals surface area contributed by atoms with E-state index in [0.717, 1.165) is 5.65 Å². The number of rotatable bonds is 3. The van der Waals surface area contributed by atoms with E-state index in [9.17, 15) is 14.7 Å². The highest BCUT2D eigenvalue weighted by Crippen LogP contribution is 2.44. The maximum absolute atomic E-state index is 12.0. The summed E-state index contributed by atoms with van der Waals surface area (Å²) in [5, 5.41) is 15.6. The number of nitrogens with zero attached hydrogens (tertiary/aromatic N) is 3. The lowest BCUT2D eigenvalue weighted by Crippen LogP contribution is -2.63. The van der Waals surface area contributed by atoms with Crippen molar-refractivity contribution >= 4 is 29.2 Å². The lowest BCUT2D eigenvalue weighted by Gasteiger charge is -2.45. The first-order valence-corrected chi connectivity index (χ1v) is 8.29. The van der Waals surface area contributed by atoms with E-state index in [-0.39, 0.29) is 16.6 Å². The summed E-state index contributed by atoms with van der Waals surface area (Å²) in [4.78, 5) is 23.6. The number of Topliss-reactive ketones (excluding diaryl/α,β-unsaturated/α-hetero) is 1. The Balaban J connectivity index is 1.74. The molecule has 3 atom stereocenters. The van der Waals surface area contributed by atoms with E-state index in [1.807, 2.05) is 22.9 Å². The van der Waals surface area contributed by atoms with Gasteiger partial charge in [0.05, 0.1) is 24.1 Å². The van der Waals surface area contributed by atoms with Gasteiger partial charge in [-0.2, -0.15) is 11.8 Å². The quantitative estimate of drug-likeness (QED) is 0.674. The minimum atomic E-state index is -1.27. The lowest BCUT2D eigenvalue weighted by atomic mass is 9.72. The Morgan fingerprint density at radius 3 is 3.17 bits per heavy atom. The van der Waals surface area contributed by atoms with Crippen molar-refractivity contribution in [1.29, 1.82) is 0 Å². The van der Waals surface area contributed by atoms with Crippen molar-refractivity contribution in [3.63, 3.8) is 0 Å². The molecule has 23 heavy (non-hydrogen) atoms. The number of hydrogen-bond donors (Lipinski definition) is 1. The zero-order valence-electron chi connectivity index (χ0n) is 12.1. The molecule has 1 aliphatic heterocycles. The van der Waals surface area contributed by atoms with Crippen molar-refractivity contribution in [1.82, 2.24) is 9.61 Å². The first kappa shape index (κ1) is 14.4. The molecule has 2 aromatic rings. The molecule has 1 fully saturated rings. The van der Waals surface area contributed by atoms with E-state index in [4.69, 9.17) is 5.73 Å². The number of thioether (sulfide) groups is 1. The molecule has 8 heteroatoms. The number of carbonyl (C=O) groups excluding carboxylic acids is 2. The van der Waals surface area contributed by atoms with Gasteiger partial charge < -0.3 is 15.6 Å². The SMILES string of the molecule is N[C@H]1C(=O)C2C(C(=O)[O-])=C(C[n+]3ccn4ncccc43)CS[C@H]21. The second-order valence-electron chi connectivity index (χ2n) is 5.74. The topological polar surface area (TPSA) is 104 Å². The summed E-state index contributed by atoms with van der Waals surface area (Å²) in [7, 11) is 0. The highest BCUT2D eigenvalue weighted by Gasteiger charge is 2.52. The molecule has 1 aliphatic carbocycles. The normalized spacial score (nSPS) is 27.0. The molecule has 2 aliphatic rings. The molecular weight excluding hydrogens is 316 g/mol. The molecule has 0 spiro atoms. The third-order valence-electron chi connectivity index (χ3n) is 4.48. The second kappa shape index (κ2) is 5.17. The van der Waals surface area contributed by atoms with Gasteiger partial charge in [0.25, 0.3) is 0 Å². The van der Waals surface area contributed by atoms with Gasteiger partial charge in [0.15, 0.2) is 12.0 Å². The van der Waals surface area contributed by atoms with Crippen LogP contribution in [-0.2, 0) is 16.1 Å². The molecule has 7 nitrogen and oxygen atoms in total. The number of aromatic nitrogens is 3. The third kappa shape index (κ3) is 2.09. The highest BCUT2D eigenvalue weighted by atomic mass is 32.2. The lowest BCUT2D eigenvalue weighted by molar-refractivity contribution is -0.662. The van der Waals surface area contributed by atoms with Gasteiger partial charge in [-0.15, -0.1) is 4.52 Å². The molecule has 0 amide bonds. The average molecular weight is 330 g/mol. The van der Waals surface area contributed by atoms with Crippen LogP contribution in [0.15, 0.2) is 41.9 Å². The molecular formula is C15H14N4O3S. The van der Waals surface area contributed by atoms with Crippen molar-refractivity contribution < 1.29 is 19.3 Å². The summed E-state index contributed by atoms with van der Waals surface area (Å²) in [5.74, 6) is -1.56. The van der Waals surface area contributed by atoms with E-state index in [1.165, 1.54) is 0 Å². The number of aliphatic carboxylic acids is 1. The molecule has 0 aromatic carbocycles. The Hall–Kier alpha value is -2.19. The Kier molecular flexibility index (Phi) is 3.24. The molecule has 1 unspecified atom stereocenters. The molecule has 2 aromatic heterocycles. The van der Waals surface area contributed by atoms with Crippen molar-refractivity contribution in [3.8, 4) is 0 Å². The van der Waals surface area contributed by atoms with Crippen molar-refractivity contribution in [2.45, 2.75) is 17.8 Å². The predicted molar refractivity (Wildman–Crippen MR) is 80.1 cm³/mol. The van der Waals surface area contributed by atoms with Gasteiger partial charge in [-0.05, 0) is 17.2 Å². The number of hydrogen-bond acceptors (Lipinski definition) is 6. The Labute approximate surface area is 135 Å². The monoisotopic (exact) mass is 330 g/mol. The highest BCUT2D eigenvalue weighted by molar-refractivity contribution is 8.00. The third-order valence-corrected chi connectivity index (χ3v) is 5.95. The number of carboxylic acid groups (broad SMARTS) is 1. The van der Waals surface area contributed by atoms with E-state index >= 15 is 0 Å². The minimum absolute atomic E-state index is 0.121. The fraction of sp³-hybridized carbons (Fsp3) is 0.333. The fourth-order valence-electron chi connectivity index (χ4n) is 3.30. The zero-order chi connectivity index (χ0) is 16.1. The number of imidazole rings is 1. The van der Waals surface area contributed by atoms with Gasteiger partial charge >= 0.3 is 5.65 Å². The van der Waals surface area contributed by atoms with Crippen LogP contribution in [0.1, 0.15) is 0 Å². The molecule has 2 N–H and O–H groups in total. The number of carbonyl (C=O) groups is 2. The summed E-state index contributed by atoms with van der Waals surface area (Å²) in [6.45, 7) is 0.393. The zero-order valence-corrected chi connectivity index (χ0v) is 12.9. The van der Waals surface area contributed by atoms with Crippen LogP contribution in [0.4, 0.5) is 0 Å². The van der Waals surface area contributed by atoms with Crippen LogP contribution >= 0.6 is 11.8 Å². The summed E-state index contributed by atoms with van der Waals surface area (Å²) < 4.78 is 3.62. The summed E-state index contributed by atoms with van der Waals surface area (Å²) in [6.07, 6.45) is 5.32. The standard InChI is InChI=1S/C15H14N4O3S/c16-12-13(20)11-10(15(21)22)8(7-23-14(11)12)6-18-4-5-19-9(18)2-1-3-17-19/h1-5,11-12,14H,6-7,16H2/t11?,12-,14+/m0/s1. The van der Waals surface area contributed by atoms with Crippen LogP contribution < -0.4 is 15.4 Å².